The molecule has 0 aromatic heterocycles. The Hall–Kier alpha value is -1.27. The molecule has 3 rings (SSSR count). The van der Waals surface area contributed by atoms with Gasteiger partial charge in [-0.15, -0.1) is 0 Å². The van der Waals surface area contributed by atoms with Crippen molar-refractivity contribution in [2.45, 2.75) is 64.9 Å². The van der Waals surface area contributed by atoms with Crippen LogP contribution in [-0.4, -0.2) is 54.7 Å². The predicted molar refractivity (Wildman–Crippen MR) is 126 cm³/mol. The van der Waals surface area contributed by atoms with E-state index in [0.29, 0.717) is 5.92 Å². The summed E-state index contributed by atoms with van der Waals surface area (Å²) < 4.78 is 7.07. The summed E-state index contributed by atoms with van der Waals surface area (Å²) in [6.45, 7) is 9.40. The molecule has 0 aliphatic carbocycles. The van der Waals surface area contributed by atoms with Crippen molar-refractivity contribution < 1.29 is 9.53 Å². The first-order valence-corrected chi connectivity index (χ1v) is 12.4. The lowest BCUT2D eigenvalue weighted by atomic mass is 9.89. The standard InChI is InChI=1S/C24H38BrN3O2/c1-18(2)30-22-7-8-23(25)21(16-22)15-19-9-13-27(14-10-19)11-3-5-20-6-4-12-28(17-20)24(26)29/h7-8,16,18-20H,3-6,9-15,17H2,1-2H3,(H2,26,29). The van der Waals surface area contributed by atoms with Gasteiger partial charge in [0.1, 0.15) is 5.75 Å². The number of amides is 2. The number of likely N-dealkylation sites (tertiary alicyclic amines) is 2. The van der Waals surface area contributed by atoms with E-state index in [1.807, 2.05) is 11.0 Å². The van der Waals surface area contributed by atoms with E-state index >= 15 is 0 Å². The number of benzene rings is 1. The molecule has 2 saturated heterocycles. The molecule has 1 aromatic rings. The fraction of sp³-hybridized carbons (Fsp3) is 0.708. The van der Waals surface area contributed by atoms with Gasteiger partial charge in [0.25, 0.3) is 0 Å². The Kier molecular flexibility index (Phi) is 8.87. The number of halogens is 1. The number of hydrogen-bond donors (Lipinski definition) is 1. The second-order valence-electron chi connectivity index (χ2n) is 9.34. The molecule has 0 saturated carbocycles. The molecular weight excluding hydrogens is 442 g/mol. The molecule has 0 radical (unpaired) electrons. The highest BCUT2D eigenvalue weighted by molar-refractivity contribution is 9.10. The van der Waals surface area contributed by atoms with E-state index in [2.05, 4.69) is 46.8 Å². The lowest BCUT2D eigenvalue weighted by Crippen LogP contribution is -2.43. The number of primary amides is 1. The van der Waals surface area contributed by atoms with Crippen molar-refractivity contribution in [1.29, 1.82) is 0 Å². The molecule has 2 aliphatic heterocycles. The number of nitrogens with two attached hydrogens (primary N) is 1. The smallest absolute Gasteiger partial charge is 0.314 e. The van der Waals surface area contributed by atoms with Crippen molar-refractivity contribution in [2.24, 2.45) is 17.6 Å². The summed E-state index contributed by atoms with van der Waals surface area (Å²) in [5.41, 5.74) is 6.81. The van der Waals surface area contributed by atoms with Crippen LogP contribution >= 0.6 is 15.9 Å². The average Bonchev–Trinajstić information content (AvgIpc) is 2.71. The van der Waals surface area contributed by atoms with Gasteiger partial charge in [-0.2, -0.15) is 0 Å². The maximum Gasteiger partial charge on any atom is 0.314 e. The van der Waals surface area contributed by atoms with Crippen LogP contribution in [0.25, 0.3) is 0 Å². The molecule has 2 N–H and O–H groups in total. The van der Waals surface area contributed by atoms with Crippen LogP contribution in [0.5, 0.6) is 5.75 Å². The molecule has 0 spiro atoms. The first-order valence-electron chi connectivity index (χ1n) is 11.6. The highest BCUT2D eigenvalue weighted by Crippen LogP contribution is 2.29. The fourth-order valence-corrected chi connectivity index (χ4v) is 5.29. The normalized spacial score (nSPS) is 21.2. The summed E-state index contributed by atoms with van der Waals surface area (Å²) >= 11 is 3.72. The summed E-state index contributed by atoms with van der Waals surface area (Å²) in [7, 11) is 0. The van der Waals surface area contributed by atoms with E-state index in [1.165, 1.54) is 61.8 Å². The Labute approximate surface area is 190 Å². The lowest BCUT2D eigenvalue weighted by molar-refractivity contribution is 0.157. The minimum atomic E-state index is -0.255. The van der Waals surface area contributed by atoms with Crippen LogP contribution in [-0.2, 0) is 6.42 Å². The minimum absolute atomic E-state index is 0.203. The Bertz CT molecular complexity index is 689. The van der Waals surface area contributed by atoms with Crippen LogP contribution in [0.15, 0.2) is 22.7 Å². The van der Waals surface area contributed by atoms with Crippen molar-refractivity contribution in [3.63, 3.8) is 0 Å². The summed E-state index contributed by atoms with van der Waals surface area (Å²) in [6.07, 6.45) is 8.62. The summed E-state index contributed by atoms with van der Waals surface area (Å²) in [5.74, 6) is 2.34. The molecule has 2 heterocycles. The molecule has 168 valence electrons. The van der Waals surface area contributed by atoms with E-state index in [4.69, 9.17) is 10.5 Å². The first-order chi connectivity index (χ1) is 14.4. The summed E-state index contributed by atoms with van der Waals surface area (Å²) in [6, 6.07) is 6.11. The molecule has 2 amide bonds. The Morgan fingerprint density at radius 3 is 2.67 bits per heavy atom. The molecule has 30 heavy (non-hydrogen) atoms. The Balaban J connectivity index is 1.37. The third-order valence-corrected chi connectivity index (χ3v) is 7.30. The fourth-order valence-electron chi connectivity index (χ4n) is 4.88. The van der Waals surface area contributed by atoms with Crippen molar-refractivity contribution in [1.82, 2.24) is 9.80 Å². The van der Waals surface area contributed by atoms with Gasteiger partial charge in [0.05, 0.1) is 6.10 Å². The molecule has 0 bridgehead atoms. The number of rotatable bonds is 8. The third-order valence-electron chi connectivity index (χ3n) is 6.52. The topological polar surface area (TPSA) is 58.8 Å². The zero-order valence-corrected chi connectivity index (χ0v) is 20.2. The first kappa shape index (κ1) is 23.4. The van der Waals surface area contributed by atoms with Crippen molar-refractivity contribution in [2.75, 3.05) is 32.7 Å². The number of ether oxygens (including phenoxy) is 1. The molecule has 6 heteroatoms. The van der Waals surface area contributed by atoms with Gasteiger partial charge in [-0.25, -0.2) is 4.79 Å². The molecule has 2 fully saturated rings. The van der Waals surface area contributed by atoms with Gasteiger partial charge in [-0.05, 0) is 114 Å². The second kappa shape index (κ2) is 11.4. The van der Waals surface area contributed by atoms with Gasteiger partial charge < -0.3 is 20.3 Å². The van der Waals surface area contributed by atoms with Crippen LogP contribution in [0.4, 0.5) is 4.79 Å². The molecular formula is C24H38BrN3O2. The highest BCUT2D eigenvalue weighted by Gasteiger charge is 2.23. The molecule has 1 aromatic carbocycles. The number of nitrogens with zero attached hydrogens (tertiary/aromatic N) is 2. The molecule has 2 aliphatic rings. The second-order valence-corrected chi connectivity index (χ2v) is 10.2. The van der Waals surface area contributed by atoms with Gasteiger partial charge in [0, 0.05) is 17.6 Å². The summed E-state index contributed by atoms with van der Waals surface area (Å²) in [5, 5.41) is 0. The number of carbonyl (C=O) groups excluding carboxylic acids is 1. The monoisotopic (exact) mass is 479 g/mol. The van der Waals surface area contributed by atoms with E-state index in [1.54, 1.807) is 0 Å². The largest absolute Gasteiger partial charge is 0.491 e. The zero-order chi connectivity index (χ0) is 21.5. The number of piperidine rings is 2. The summed E-state index contributed by atoms with van der Waals surface area (Å²) in [4.78, 5) is 15.8. The van der Waals surface area contributed by atoms with Crippen molar-refractivity contribution >= 4 is 22.0 Å². The van der Waals surface area contributed by atoms with Crippen molar-refractivity contribution in [3.05, 3.63) is 28.2 Å². The van der Waals surface area contributed by atoms with Crippen LogP contribution < -0.4 is 10.5 Å². The van der Waals surface area contributed by atoms with Crippen LogP contribution in [0.3, 0.4) is 0 Å². The molecule has 1 atom stereocenters. The number of carbonyl (C=O) groups is 1. The Morgan fingerprint density at radius 2 is 1.97 bits per heavy atom. The number of urea groups is 1. The maximum atomic E-state index is 11.4. The van der Waals surface area contributed by atoms with Gasteiger partial charge >= 0.3 is 6.03 Å². The lowest BCUT2D eigenvalue weighted by Gasteiger charge is -2.34. The van der Waals surface area contributed by atoms with E-state index in [0.717, 1.165) is 37.6 Å². The molecule has 1 unspecified atom stereocenters. The van der Waals surface area contributed by atoms with E-state index in [-0.39, 0.29) is 12.1 Å². The van der Waals surface area contributed by atoms with Crippen molar-refractivity contribution in [3.8, 4) is 5.75 Å². The Morgan fingerprint density at radius 1 is 1.20 bits per heavy atom. The maximum absolute atomic E-state index is 11.4. The van der Waals surface area contributed by atoms with Gasteiger partial charge in [0.2, 0.25) is 0 Å². The van der Waals surface area contributed by atoms with Gasteiger partial charge in [-0.1, -0.05) is 15.9 Å². The quantitative estimate of drug-likeness (QED) is 0.566. The number of hydrogen-bond acceptors (Lipinski definition) is 3. The van der Waals surface area contributed by atoms with Crippen LogP contribution in [0.1, 0.15) is 57.9 Å². The van der Waals surface area contributed by atoms with Gasteiger partial charge in [-0.3, -0.25) is 0 Å². The SMILES string of the molecule is CC(C)Oc1ccc(Br)c(CC2CCN(CCCC3CCCN(C(N)=O)C3)CC2)c1. The van der Waals surface area contributed by atoms with E-state index < -0.39 is 0 Å². The molecule has 5 nitrogen and oxygen atoms in total. The van der Waals surface area contributed by atoms with Crippen LogP contribution in [0, 0.1) is 11.8 Å². The minimum Gasteiger partial charge on any atom is -0.491 e. The zero-order valence-electron chi connectivity index (χ0n) is 18.6. The van der Waals surface area contributed by atoms with Gasteiger partial charge in [0.15, 0.2) is 0 Å². The third kappa shape index (κ3) is 7.16. The van der Waals surface area contributed by atoms with Crippen LogP contribution in [0.2, 0.25) is 0 Å². The van der Waals surface area contributed by atoms with E-state index in [9.17, 15) is 4.79 Å². The highest BCUT2D eigenvalue weighted by atomic mass is 79.9. The predicted octanol–water partition coefficient (Wildman–Crippen LogP) is 5.06. The average molecular weight is 480 g/mol.